The summed E-state index contributed by atoms with van der Waals surface area (Å²) < 4.78 is 4.89. The van der Waals surface area contributed by atoms with Crippen LogP contribution in [0.4, 0.5) is 5.13 Å². The van der Waals surface area contributed by atoms with Crippen LogP contribution in [0.25, 0.3) is 10.3 Å². The van der Waals surface area contributed by atoms with Crippen LogP contribution < -0.4 is 5.32 Å². The summed E-state index contributed by atoms with van der Waals surface area (Å²) in [6, 6.07) is 0.0628. The van der Waals surface area contributed by atoms with Crippen LogP contribution in [0.3, 0.4) is 0 Å². The SMILES string of the molecule is CCCn1ncnc1C(C)Nc1nc2c(s1)c(C)nn2C. The third kappa shape index (κ3) is 2.51. The van der Waals surface area contributed by atoms with Gasteiger partial charge in [0.05, 0.1) is 16.4 Å². The number of thiazole rings is 1. The second-order valence-electron chi connectivity index (χ2n) is 5.09. The first-order valence-electron chi connectivity index (χ1n) is 7.04. The van der Waals surface area contributed by atoms with Crippen molar-refractivity contribution in [2.24, 2.45) is 7.05 Å². The number of hydrogen-bond donors (Lipinski definition) is 1. The lowest BCUT2D eigenvalue weighted by Crippen LogP contribution is -2.14. The van der Waals surface area contributed by atoms with Gasteiger partial charge in [0.25, 0.3) is 0 Å². The van der Waals surface area contributed by atoms with Crippen molar-refractivity contribution in [1.29, 1.82) is 0 Å². The number of aryl methyl sites for hydroxylation is 3. The zero-order valence-electron chi connectivity index (χ0n) is 12.7. The van der Waals surface area contributed by atoms with Gasteiger partial charge in [-0.3, -0.25) is 0 Å². The summed E-state index contributed by atoms with van der Waals surface area (Å²) in [6.45, 7) is 7.09. The van der Waals surface area contributed by atoms with Gasteiger partial charge >= 0.3 is 0 Å². The molecule has 0 amide bonds. The number of nitrogens with zero attached hydrogens (tertiary/aromatic N) is 6. The first kappa shape index (κ1) is 14.0. The average molecular weight is 305 g/mol. The molecule has 7 nitrogen and oxygen atoms in total. The first-order chi connectivity index (χ1) is 10.1. The van der Waals surface area contributed by atoms with Crippen molar-refractivity contribution in [2.45, 2.75) is 39.8 Å². The first-order valence-corrected chi connectivity index (χ1v) is 7.86. The minimum absolute atomic E-state index is 0.0628. The Balaban J connectivity index is 1.84. The number of anilines is 1. The average Bonchev–Trinajstić information content (AvgIpc) is 3.10. The molecule has 0 radical (unpaired) electrons. The maximum absolute atomic E-state index is 4.61. The van der Waals surface area contributed by atoms with E-state index in [-0.39, 0.29) is 6.04 Å². The van der Waals surface area contributed by atoms with Crippen LogP contribution in [0, 0.1) is 6.92 Å². The van der Waals surface area contributed by atoms with Crippen molar-refractivity contribution in [2.75, 3.05) is 5.32 Å². The molecule has 3 aromatic rings. The zero-order valence-corrected chi connectivity index (χ0v) is 13.5. The van der Waals surface area contributed by atoms with E-state index in [0.717, 1.165) is 40.0 Å². The Morgan fingerprint density at radius 3 is 2.95 bits per heavy atom. The highest BCUT2D eigenvalue weighted by molar-refractivity contribution is 7.22. The van der Waals surface area contributed by atoms with Gasteiger partial charge in [-0.25, -0.2) is 19.3 Å². The van der Waals surface area contributed by atoms with Crippen LogP contribution in [-0.4, -0.2) is 29.5 Å². The summed E-state index contributed by atoms with van der Waals surface area (Å²) in [7, 11) is 1.92. The third-order valence-electron chi connectivity index (χ3n) is 3.35. The fourth-order valence-corrected chi connectivity index (χ4v) is 3.41. The molecule has 3 rings (SSSR count). The summed E-state index contributed by atoms with van der Waals surface area (Å²) >= 11 is 1.63. The predicted octanol–water partition coefficient (Wildman–Crippen LogP) is 2.51. The molecule has 1 atom stereocenters. The normalized spacial score (nSPS) is 13.0. The van der Waals surface area contributed by atoms with Gasteiger partial charge in [-0.05, 0) is 20.3 Å². The molecule has 0 saturated carbocycles. The van der Waals surface area contributed by atoms with Gasteiger partial charge in [0.1, 0.15) is 12.2 Å². The minimum atomic E-state index is 0.0628. The fraction of sp³-hybridized carbons (Fsp3) is 0.538. The maximum Gasteiger partial charge on any atom is 0.186 e. The highest BCUT2D eigenvalue weighted by Gasteiger charge is 2.17. The van der Waals surface area contributed by atoms with Gasteiger partial charge in [-0.1, -0.05) is 18.3 Å². The van der Waals surface area contributed by atoms with Gasteiger partial charge in [0.2, 0.25) is 0 Å². The standard InChI is InChI=1S/C13H19N7S/c1-5-6-20-11(14-7-15-20)9(3)16-13-17-12-10(21-13)8(2)18-19(12)4/h7,9H,5-6H2,1-4H3,(H,16,17). The molecule has 0 aliphatic rings. The van der Waals surface area contributed by atoms with Crippen LogP contribution in [0.1, 0.15) is 37.8 Å². The summed E-state index contributed by atoms with van der Waals surface area (Å²) in [5.41, 5.74) is 1.93. The van der Waals surface area contributed by atoms with E-state index in [1.807, 2.05) is 23.3 Å². The third-order valence-corrected chi connectivity index (χ3v) is 4.44. The molecular weight excluding hydrogens is 286 g/mol. The summed E-state index contributed by atoms with van der Waals surface area (Å²) in [6.07, 6.45) is 2.64. The molecule has 112 valence electrons. The largest absolute Gasteiger partial charge is 0.352 e. The van der Waals surface area contributed by atoms with Crippen molar-refractivity contribution in [3.05, 3.63) is 17.8 Å². The van der Waals surface area contributed by atoms with E-state index in [9.17, 15) is 0 Å². The molecule has 3 heterocycles. The molecule has 0 saturated heterocycles. The second-order valence-corrected chi connectivity index (χ2v) is 6.09. The van der Waals surface area contributed by atoms with Crippen molar-refractivity contribution in [3.8, 4) is 0 Å². The molecule has 0 fully saturated rings. The van der Waals surface area contributed by atoms with Crippen LogP contribution in [0.15, 0.2) is 6.33 Å². The Kier molecular flexibility index (Phi) is 3.62. The minimum Gasteiger partial charge on any atom is -0.352 e. The maximum atomic E-state index is 4.61. The topological polar surface area (TPSA) is 73.5 Å². The van der Waals surface area contributed by atoms with E-state index >= 15 is 0 Å². The van der Waals surface area contributed by atoms with E-state index in [0.29, 0.717) is 0 Å². The molecule has 0 bridgehead atoms. The van der Waals surface area contributed by atoms with Gasteiger partial charge < -0.3 is 5.32 Å². The quantitative estimate of drug-likeness (QED) is 0.784. The Hall–Kier alpha value is -1.96. The van der Waals surface area contributed by atoms with E-state index in [4.69, 9.17) is 0 Å². The van der Waals surface area contributed by atoms with Crippen molar-refractivity contribution < 1.29 is 0 Å². The molecule has 3 aromatic heterocycles. The van der Waals surface area contributed by atoms with Crippen LogP contribution in [0.2, 0.25) is 0 Å². The fourth-order valence-electron chi connectivity index (χ4n) is 2.39. The highest BCUT2D eigenvalue weighted by Crippen LogP contribution is 2.30. The van der Waals surface area contributed by atoms with E-state index < -0.39 is 0 Å². The second kappa shape index (κ2) is 5.44. The van der Waals surface area contributed by atoms with Gasteiger partial charge in [-0.2, -0.15) is 10.2 Å². The van der Waals surface area contributed by atoms with Crippen LogP contribution in [0.5, 0.6) is 0 Å². The van der Waals surface area contributed by atoms with Crippen LogP contribution >= 0.6 is 11.3 Å². The molecule has 8 heteroatoms. The Bertz CT molecular complexity index is 719. The van der Waals surface area contributed by atoms with E-state index in [1.54, 1.807) is 17.7 Å². The molecule has 0 aliphatic heterocycles. The van der Waals surface area contributed by atoms with Gasteiger partial charge in [0, 0.05) is 13.6 Å². The Morgan fingerprint density at radius 2 is 2.24 bits per heavy atom. The predicted molar refractivity (Wildman–Crippen MR) is 83.5 cm³/mol. The number of aromatic nitrogens is 6. The van der Waals surface area contributed by atoms with E-state index in [2.05, 4.69) is 39.3 Å². The molecule has 21 heavy (non-hydrogen) atoms. The van der Waals surface area contributed by atoms with Gasteiger partial charge in [0.15, 0.2) is 10.8 Å². The molecule has 0 aliphatic carbocycles. The smallest absolute Gasteiger partial charge is 0.186 e. The van der Waals surface area contributed by atoms with E-state index in [1.165, 1.54) is 0 Å². The van der Waals surface area contributed by atoms with Crippen molar-refractivity contribution >= 4 is 26.8 Å². The molecule has 0 spiro atoms. The molecule has 1 unspecified atom stereocenters. The van der Waals surface area contributed by atoms with Gasteiger partial charge in [-0.15, -0.1) is 0 Å². The molecule has 1 N–H and O–H groups in total. The van der Waals surface area contributed by atoms with Crippen LogP contribution in [-0.2, 0) is 13.6 Å². The Morgan fingerprint density at radius 1 is 1.43 bits per heavy atom. The zero-order chi connectivity index (χ0) is 15.0. The number of fused-ring (bicyclic) bond motifs is 1. The number of nitrogens with one attached hydrogen (secondary N) is 1. The van der Waals surface area contributed by atoms with Crippen molar-refractivity contribution in [1.82, 2.24) is 29.5 Å². The lowest BCUT2D eigenvalue weighted by atomic mass is 10.3. The number of hydrogen-bond acceptors (Lipinski definition) is 6. The lowest BCUT2D eigenvalue weighted by Gasteiger charge is -2.13. The molecular formula is C13H19N7S. The number of rotatable bonds is 5. The molecule has 0 aromatic carbocycles. The summed E-state index contributed by atoms with van der Waals surface area (Å²) in [5.74, 6) is 0.936. The van der Waals surface area contributed by atoms with Crippen molar-refractivity contribution in [3.63, 3.8) is 0 Å². The summed E-state index contributed by atoms with van der Waals surface area (Å²) in [4.78, 5) is 8.97. The summed E-state index contributed by atoms with van der Waals surface area (Å²) in [5, 5.41) is 12.9. The monoisotopic (exact) mass is 305 g/mol. The highest BCUT2D eigenvalue weighted by atomic mass is 32.1. The lowest BCUT2D eigenvalue weighted by molar-refractivity contribution is 0.553. The Labute approximate surface area is 127 Å².